The first kappa shape index (κ1) is 35.8. The molecule has 2 unspecified atom stereocenters. The summed E-state index contributed by atoms with van der Waals surface area (Å²) in [5.41, 5.74) is -4.07. The maximum absolute atomic E-state index is 11.8. The van der Waals surface area contributed by atoms with Gasteiger partial charge in [0.2, 0.25) is 5.91 Å². The molecule has 1 amide bonds. The Labute approximate surface area is 211 Å². The van der Waals surface area contributed by atoms with E-state index in [-0.39, 0.29) is 13.2 Å². The molecule has 0 saturated heterocycles. The van der Waals surface area contributed by atoms with Gasteiger partial charge in [0.25, 0.3) is 0 Å². The van der Waals surface area contributed by atoms with Crippen LogP contribution in [-0.2, 0) is 23.9 Å². The number of amides is 1. The molecule has 36 heavy (non-hydrogen) atoms. The van der Waals surface area contributed by atoms with Gasteiger partial charge >= 0.3 is 17.9 Å². The number of aliphatic carboxylic acids is 2. The molecule has 13 nitrogen and oxygen atoms in total. The predicted molar refractivity (Wildman–Crippen MR) is 127 cm³/mol. The first-order chi connectivity index (χ1) is 16.6. The van der Waals surface area contributed by atoms with Crippen LogP contribution in [0.25, 0.3) is 0 Å². The SMILES string of the molecule is CC(C)(COC(=O)CC(O)(CC(=O)O)C(=O)O)C(O)C(=O)NCCCO.CCCCCCCC(O)O. The van der Waals surface area contributed by atoms with Gasteiger partial charge in [0.05, 0.1) is 19.4 Å². The van der Waals surface area contributed by atoms with E-state index in [9.17, 15) is 29.4 Å². The fourth-order valence-electron chi connectivity index (χ4n) is 2.77. The first-order valence-electron chi connectivity index (χ1n) is 11.9. The van der Waals surface area contributed by atoms with E-state index in [0.29, 0.717) is 12.8 Å². The Hall–Kier alpha value is -2.32. The van der Waals surface area contributed by atoms with Crippen molar-refractivity contribution < 1.29 is 59.7 Å². The molecular formula is C23H43NO12. The summed E-state index contributed by atoms with van der Waals surface area (Å²) in [5, 5.41) is 65.2. The van der Waals surface area contributed by atoms with Crippen molar-refractivity contribution in [3.63, 3.8) is 0 Å². The van der Waals surface area contributed by atoms with Crippen LogP contribution in [0.4, 0.5) is 0 Å². The van der Waals surface area contributed by atoms with Crippen LogP contribution < -0.4 is 5.32 Å². The molecule has 0 bridgehead atoms. The number of aliphatic hydroxyl groups is 5. The zero-order valence-corrected chi connectivity index (χ0v) is 21.3. The second-order valence-corrected chi connectivity index (χ2v) is 9.19. The quantitative estimate of drug-likeness (QED) is 0.0658. The van der Waals surface area contributed by atoms with Crippen molar-refractivity contribution in [2.45, 2.75) is 96.6 Å². The molecule has 0 aliphatic rings. The number of nitrogens with one attached hydrogen (secondary N) is 1. The van der Waals surface area contributed by atoms with E-state index in [1.54, 1.807) is 0 Å². The summed E-state index contributed by atoms with van der Waals surface area (Å²) in [6.07, 6.45) is 1.66. The van der Waals surface area contributed by atoms with Gasteiger partial charge in [0.15, 0.2) is 11.9 Å². The minimum atomic E-state index is -2.83. The molecule has 0 aromatic heterocycles. The average Bonchev–Trinajstić information content (AvgIpc) is 2.76. The number of aliphatic hydroxyl groups excluding tert-OH is 3. The zero-order valence-electron chi connectivity index (χ0n) is 21.3. The number of carboxylic acids is 2. The summed E-state index contributed by atoms with van der Waals surface area (Å²) >= 11 is 0. The molecule has 2 atom stereocenters. The van der Waals surface area contributed by atoms with Gasteiger partial charge in [-0.05, 0) is 19.3 Å². The highest BCUT2D eigenvalue weighted by atomic mass is 16.5. The van der Waals surface area contributed by atoms with Crippen LogP contribution in [0.3, 0.4) is 0 Å². The molecular weight excluding hydrogens is 482 g/mol. The Morgan fingerprint density at radius 2 is 1.50 bits per heavy atom. The smallest absolute Gasteiger partial charge is 0.336 e. The lowest BCUT2D eigenvalue weighted by molar-refractivity contribution is -0.173. The first-order valence-corrected chi connectivity index (χ1v) is 11.9. The largest absolute Gasteiger partial charge is 0.481 e. The number of carbonyl (C=O) groups excluding carboxylic acids is 2. The van der Waals surface area contributed by atoms with Gasteiger partial charge in [0.1, 0.15) is 6.10 Å². The molecule has 0 spiro atoms. The van der Waals surface area contributed by atoms with E-state index in [1.165, 1.54) is 33.1 Å². The summed E-state index contributed by atoms with van der Waals surface area (Å²) < 4.78 is 4.80. The van der Waals surface area contributed by atoms with E-state index < -0.39 is 66.7 Å². The van der Waals surface area contributed by atoms with Crippen molar-refractivity contribution in [1.29, 1.82) is 0 Å². The van der Waals surface area contributed by atoms with Crippen LogP contribution in [0.5, 0.6) is 0 Å². The lowest BCUT2D eigenvalue weighted by Gasteiger charge is -2.29. The fourth-order valence-corrected chi connectivity index (χ4v) is 2.77. The number of hydrogen-bond acceptors (Lipinski definition) is 10. The molecule has 212 valence electrons. The molecule has 0 aliphatic carbocycles. The third-order valence-corrected chi connectivity index (χ3v) is 5.07. The van der Waals surface area contributed by atoms with Crippen LogP contribution in [0, 0.1) is 5.41 Å². The Morgan fingerprint density at radius 3 is 1.97 bits per heavy atom. The number of carbonyl (C=O) groups is 4. The molecule has 0 radical (unpaired) electrons. The van der Waals surface area contributed by atoms with E-state index in [1.807, 2.05) is 0 Å². The third-order valence-electron chi connectivity index (χ3n) is 5.07. The number of hydrogen-bond donors (Lipinski definition) is 8. The van der Waals surface area contributed by atoms with Crippen LogP contribution in [-0.4, -0.2) is 97.3 Å². The van der Waals surface area contributed by atoms with Crippen LogP contribution in [0.15, 0.2) is 0 Å². The maximum Gasteiger partial charge on any atom is 0.336 e. The van der Waals surface area contributed by atoms with Crippen LogP contribution in [0.2, 0.25) is 0 Å². The zero-order chi connectivity index (χ0) is 28.4. The molecule has 0 saturated carbocycles. The molecule has 0 rings (SSSR count). The number of unbranched alkanes of at least 4 members (excludes halogenated alkanes) is 4. The van der Waals surface area contributed by atoms with E-state index in [0.717, 1.165) is 12.8 Å². The monoisotopic (exact) mass is 525 g/mol. The molecule has 0 aliphatic heterocycles. The molecule has 8 N–H and O–H groups in total. The summed E-state index contributed by atoms with van der Waals surface area (Å²) in [5.74, 6) is -5.44. The molecule has 0 heterocycles. The van der Waals surface area contributed by atoms with Gasteiger partial charge in [-0.2, -0.15) is 0 Å². The van der Waals surface area contributed by atoms with Gasteiger partial charge in [0, 0.05) is 18.6 Å². The highest BCUT2D eigenvalue weighted by Gasteiger charge is 2.42. The lowest BCUT2D eigenvalue weighted by atomic mass is 9.87. The van der Waals surface area contributed by atoms with Crippen molar-refractivity contribution in [2.75, 3.05) is 19.8 Å². The summed E-state index contributed by atoms with van der Waals surface area (Å²) in [7, 11) is 0. The average molecular weight is 526 g/mol. The van der Waals surface area contributed by atoms with Crippen molar-refractivity contribution in [3.05, 3.63) is 0 Å². The third kappa shape index (κ3) is 17.2. The predicted octanol–water partition coefficient (Wildman–Crippen LogP) is -0.247. The van der Waals surface area contributed by atoms with Crippen molar-refractivity contribution in [2.24, 2.45) is 5.41 Å². The number of esters is 1. The normalized spacial score (nSPS) is 13.7. The molecule has 0 aromatic carbocycles. The van der Waals surface area contributed by atoms with Crippen molar-refractivity contribution in [3.8, 4) is 0 Å². The van der Waals surface area contributed by atoms with Crippen molar-refractivity contribution >= 4 is 23.8 Å². The summed E-state index contributed by atoms with van der Waals surface area (Å²) in [4.78, 5) is 45.1. The standard InChI is InChI=1S/C15H25NO10.C8H18O2/c1-14(2,11(21)12(22)16-4-3-5-17)8-26-10(20)7-15(25,13(23)24)6-9(18)19;1-2-3-4-5-6-7-8(9)10/h11,17,21,25H,3-8H2,1-2H3,(H,16,22)(H,18,19)(H,23,24);8-10H,2-7H2,1H3. The molecule has 0 fully saturated rings. The highest BCUT2D eigenvalue weighted by molar-refractivity contribution is 5.88. The number of carboxylic acid groups (broad SMARTS) is 2. The molecule has 0 aromatic rings. The fraction of sp³-hybridized carbons (Fsp3) is 0.826. The Kier molecular flexibility index (Phi) is 18.8. The lowest BCUT2D eigenvalue weighted by Crippen LogP contribution is -2.47. The maximum atomic E-state index is 11.8. The highest BCUT2D eigenvalue weighted by Crippen LogP contribution is 2.23. The van der Waals surface area contributed by atoms with Crippen LogP contribution >= 0.6 is 0 Å². The minimum Gasteiger partial charge on any atom is -0.481 e. The van der Waals surface area contributed by atoms with Gasteiger partial charge in [-0.25, -0.2) is 4.79 Å². The van der Waals surface area contributed by atoms with E-state index >= 15 is 0 Å². The Morgan fingerprint density at radius 1 is 0.917 bits per heavy atom. The van der Waals surface area contributed by atoms with Gasteiger partial charge in [-0.15, -0.1) is 0 Å². The van der Waals surface area contributed by atoms with Gasteiger partial charge < -0.3 is 45.8 Å². The van der Waals surface area contributed by atoms with Crippen molar-refractivity contribution in [1.82, 2.24) is 5.32 Å². The summed E-state index contributed by atoms with van der Waals surface area (Å²) in [6.45, 7) is 4.52. The number of rotatable bonds is 18. The van der Waals surface area contributed by atoms with E-state index in [4.69, 9.17) is 30.3 Å². The Bertz CT molecular complexity index is 667. The second kappa shape index (κ2) is 18.9. The van der Waals surface area contributed by atoms with Gasteiger partial charge in [-0.3, -0.25) is 14.4 Å². The minimum absolute atomic E-state index is 0.139. The van der Waals surface area contributed by atoms with Gasteiger partial charge in [-0.1, -0.05) is 46.5 Å². The second-order valence-electron chi connectivity index (χ2n) is 9.19. The topological polar surface area (TPSA) is 231 Å². The van der Waals surface area contributed by atoms with E-state index in [2.05, 4.69) is 12.2 Å². The van der Waals surface area contributed by atoms with Crippen LogP contribution in [0.1, 0.15) is 78.6 Å². The summed E-state index contributed by atoms with van der Waals surface area (Å²) in [6, 6.07) is 0. The number of ether oxygens (including phenoxy) is 1. The molecule has 13 heteroatoms. The Balaban J connectivity index is 0.